The highest BCUT2D eigenvalue weighted by Gasteiger charge is 2.12. The van der Waals surface area contributed by atoms with Gasteiger partial charge in [0.25, 0.3) is 5.69 Å². The summed E-state index contributed by atoms with van der Waals surface area (Å²) in [6.45, 7) is 2.85. The molecule has 0 unspecified atom stereocenters. The number of anilines is 2. The van der Waals surface area contributed by atoms with Gasteiger partial charge in [-0.15, -0.1) is 0 Å². The second kappa shape index (κ2) is 6.11. The van der Waals surface area contributed by atoms with Crippen molar-refractivity contribution < 1.29 is 9.66 Å². The maximum Gasteiger partial charge on any atom is 0.277 e. The Hall–Kier alpha value is -2.48. The van der Waals surface area contributed by atoms with Crippen molar-refractivity contribution in [3.63, 3.8) is 0 Å². The van der Waals surface area contributed by atoms with Crippen LogP contribution in [-0.4, -0.2) is 33.4 Å². The molecule has 0 amide bonds. The van der Waals surface area contributed by atoms with Gasteiger partial charge in [0, 0.05) is 25.1 Å². The minimum atomic E-state index is -0.426. The van der Waals surface area contributed by atoms with Crippen LogP contribution in [0.15, 0.2) is 24.7 Å². The van der Waals surface area contributed by atoms with E-state index >= 15 is 0 Å². The first-order valence-corrected chi connectivity index (χ1v) is 5.99. The van der Waals surface area contributed by atoms with Crippen LogP contribution in [0.4, 0.5) is 17.2 Å². The molecule has 2 aromatic heterocycles. The Balaban J connectivity index is 2.11. The van der Waals surface area contributed by atoms with E-state index in [1.165, 1.54) is 12.3 Å². The SMILES string of the molecule is COCCn1cc(Nc2cc([N+](=O)[O-])c(C)cn2)cn1. The van der Waals surface area contributed by atoms with Crippen molar-refractivity contribution in [2.24, 2.45) is 0 Å². The molecular formula is C12H15N5O3. The molecule has 0 saturated carbocycles. The molecule has 0 aliphatic heterocycles. The quantitative estimate of drug-likeness (QED) is 0.640. The molecule has 0 aliphatic rings. The van der Waals surface area contributed by atoms with Crippen molar-refractivity contribution in [2.75, 3.05) is 19.0 Å². The van der Waals surface area contributed by atoms with Crippen molar-refractivity contribution in [2.45, 2.75) is 13.5 Å². The normalized spacial score (nSPS) is 10.5. The van der Waals surface area contributed by atoms with E-state index in [0.717, 1.165) is 0 Å². The second-order valence-corrected chi connectivity index (χ2v) is 4.22. The van der Waals surface area contributed by atoms with Crippen LogP contribution in [0.5, 0.6) is 0 Å². The van der Waals surface area contributed by atoms with Crippen LogP contribution in [-0.2, 0) is 11.3 Å². The highest BCUT2D eigenvalue weighted by Crippen LogP contribution is 2.22. The maximum atomic E-state index is 10.9. The molecule has 0 spiro atoms. The minimum Gasteiger partial charge on any atom is -0.383 e. The summed E-state index contributed by atoms with van der Waals surface area (Å²) in [5, 5.41) is 18.0. The van der Waals surface area contributed by atoms with E-state index in [2.05, 4.69) is 15.4 Å². The van der Waals surface area contributed by atoms with Crippen LogP contribution < -0.4 is 5.32 Å². The summed E-state index contributed by atoms with van der Waals surface area (Å²) in [6.07, 6.45) is 4.88. The number of rotatable bonds is 6. The molecule has 0 aromatic carbocycles. The smallest absolute Gasteiger partial charge is 0.277 e. The zero-order valence-electron chi connectivity index (χ0n) is 11.2. The minimum absolute atomic E-state index is 0.0364. The van der Waals surface area contributed by atoms with Gasteiger partial charge in [-0.2, -0.15) is 5.10 Å². The van der Waals surface area contributed by atoms with E-state index in [1.54, 1.807) is 31.1 Å². The number of aromatic nitrogens is 3. The largest absolute Gasteiger partial charge is 0.383 e. The molecule has 2 heterocycles. The number of nitrogens with one attached hydrogen (secondary N) is 1. The first-order chi connectivity index (χ1) is 9.60. The van der Waals surface area contributed by atoms with Gasteiger partial charge in [-0.3, -0.25) is 14.8 Å². The van der Waals surface area contributed by atoms with Crippen molar-refractivity contribution in [3.05, 3.63) is 40.3 Å². The number of ether oxygens (including phenoxy) is 1. The van der Waals surface area contributed by atoms with Gasteiger partial charge in [-0.25, -0.2) is 4.98 Å². The average Bonchev–Trinajstić information content (AvgIpc) is 2.86. The van der Waals surface area contributed by atoms with Crippen LogP contribution in [0.2, 0.25) is 0 Å². The molecule has 0 aliphatic carbocycles. The maximum absolute atomic E-state index is 10.9. The van der Waals surface area contributed by atoms with Crippen molar-refractivity contribution in [1.82, 2.24) is 14.8 Å². The fraction of sp³-hybridized carbons (Fsp3) is 0.333. The van der Waals surface area contributed by atoms with Crippen molar-refractivity contribution in [1.29, 1.82) is 0 Å². The predicted octanol–water partition coefficient (Wildman–Crippen LogP) is 1.88. The summed E-state index contributed by atoms with van der Waals surface area (Å²) in [4.78, 5) is 14.6. The Kier molecular flexibility index (Phi) is 4.26. The first kappa shape index (κ1) is 13.9. The third kappa shape index (κ3) is 3.29. The summed E-state index contributed by atoms with van der Waals surface area (Å²) < 4.78 is 6.68. The number of nitro groups is 1. The molecule has 106 valence electrons. The molecule has 0 bridgehead atoms. The van der Waals surface area contributed by atoms with Gasteiger partial charge < -0.3 is 10.1 Å². The third-order valence-electron chi connectivity index (χ3n) is 2.70. The highest BCUT2D eigenvalue weighted by molar-refractivity contribution is 5.58. The molecule has 0 saturated heterocycles. The lowest BCUT2D eigenvalue weighted by Gasteiger charge is -2.03. The monoisotopic (exact) mass is 277 g/mol. The number of nitrogens with zero attached hydrogens (tertiary/aromatic N) is 4. The molecular weight excluding hydrogens is 262 g/mol. The molecule has 0 radical (unpaired) electrons. The number of methoxy groups -OCH3 is 1. The first-order valence-electron chi connectivity index (χ1n) is 5.99. The van der Waals surface area contributed by atoms with Crippen LogP contribution >= 0.6 is 0 Å². The summed E-state index contributed by atoms with van der Waals surface area (Å²) in [5.74, 6) is 0.411. The molecule has 8 nitrogen and oxygen atoms in total. The van der Waals surface area contributed by atoms with Gasteiger partial charge in [0.1, 0.15) is 5.82 Å². The van der Waals surface area contributed by atoms with Gasteiger partial charge in [0.15, 0.2) is 0 Å². The second-order valence-electron chi connectivity index (χ2n) is 4.22. The number of hydrogen-bond donors (Lipinski definition) is 1. The lowest BCUT2D eigenvalue weighted by molar-refractivity contribution is -0.385. The third-order valence-corrected chi connectivity index (χ3v) is 2.70. The van der Waals surface area contributed by atoms with Crippen LogP contribution in [0.25, 0.3) is 0 Å². The van der Waals surface area contributed by atoms with E-state index in [4.69, 9.17) is 4.74 Å². The summed E-state index contributed by atoms with van der Waals surface area (Å²) in [7, 11) is 1.62. The molecule has 0 fully saturated rings. The van der Waals surface area contributed by atoms with Crippen LogP contribution in [0, 0.1) is 17.0 Å². The molecule has 2 rings (SSSR count). The Labute approximate surface area is 115 Å². The summed E-state index contributed by atoms with van der Waals surface area (Å²) in [6, 6.07) is 1.40. The van der Waals surface area contributed by atoms with Crippen LogP contribution in [0.1, 0.15) is 5.56 Å². The van der Waals surface area contributed by atoms with Gasteiger partial charge in [0.05, 0.1) is 36.0 Å². The van der Waals surface area contributed by atoms with E-state index in [1.807, 2.05) is 0 Å². The lowest BCUT2D eigenvalue weighted by atomic mass is 10.2. The Morgan fingerprint density at radius 1 is 1.50 bits per heavy atom. The Bertz CT molecular complexity index is 611. The number of aryl methyl sites for hydroxylation is 1. The van der Waals surface area contributed by atoms with Gasteiger partial charge in [-0.1, -0.05) is 0 Å². The standard InChI is InChI=1S/C12H15N5O3/c1-9-6-13-12(5-11(9)17(18)19)15-10-7-14-16(8-10)3-4-20-2/h5-8H,3-4H2,1-2H3,(H,13,15). The van der Waals surface area contributed by atoms with Gasteiger partial charge in [-0.05, 0) is 6.92 Å². The lowest BCUT2D eigenvalue weighted by Crippen LogP contribution is -2.04. The molecule has 0 atom stereocenters. The Morgan fingerprint density at radius 2 is 2.30 bits per heavy atom. The zero-order chi connectivity index (χ0) is 14.5. The molecule has 1 N–H and O–H groups in total. The molecule has 8 heteroatoms. The Morgan fingerprint density at radius 3 is 3.00 bits per heavy atom. The van der Waals surface area contributed by atoms with E-state index in [9.17, 15) is 10.1 Å². The summed E-state index contributed by atoms with van der Waals surface area (Å²) >= 11 is 0. The van der Waals surface area contributed by atoms with E-state index < -0.39 is 4.92 Å². The van der Waals surface area contributed by atoms with Crippen molar-refractivity contribution in [3.8, 4) is 0 Å². The van der Waals surface area contributed by atoms with E-state index in [-0.39, 0.29) is 5.69 Å². The topological polar surface area (TPSA) is 95.1 Å². The number of pyridine rings is 1. The summed E-state index contributed by atoms with van der Waals surface area (Å²) in [5.41, 5.74) is 1.28. The fourth-order valence-corrected chi connectivity index (χ4v) is 1.66. The van der Waals surface area contributed by atoms with Gasteiger partial charge in [0.2, 0.25) is 0 Å². The van der Waals surface area contributed by atoms with Crippen molar-refractivity contribution >= 4 is 17.2 Å². The van der Waals surface area contributed by atoms with E-state index in [0.29, 0.717) is 30.2 Å². The van der Waals surface area contributed by atoms with Gasteiger partial charge >= 0.3 is 0 Å². The zero-order valence-corrected chi connectivity index (χ0v) is 11.2. The number of hydrogen-bond acceptors (Lipinski definition) is 6. The average molecular weight is 277 g/mol. The molecule has 2 aromatic rings. The fourth-order valence-electron chi connectivity index (χ4n) is 1.66. The molecule has 20 heavy (non-hydrogen) atoms. The highest BCUT2D eigenvalue weighted by atomic mass is 16.6. The predicted molar refractivity (Wildman–Crippen MR) is 73.0 cm³/mol. The van der Waals surface area contributed by atoms with Crippen LogP contribution in [0.3, 0.4) is 0 Å².